The lowest BCUT2D eigenvalue weighted by molar-refractivity contribution is 0.151. The monoisotopic (exact) mass is 310 g/mol. The third kappa shape index (κ3) is 3.93. The standard InChI is InChI=1S/C16H17ClF2N2/c1-10-2-7-13(8-14(10)17)21-15(9-20)11-3-5-12(6-4-11)16(18)19/h2-8,15-16,21H,9,20H2,1H3. The molecule has 112 valence electrons. The molecule has 0 amide bonds. The molecule has 0 aliphatic heterocycles. The number of nitrogens with two attached hydrogens (primary N) is 1. The van der Waals surface area contributed by atoms with Gasteiger partial charge in [-0.2, -0.15) is 0 Å². The lowest BCUT2D eigenvalue weighted by atomic mass is 10.0. The minimum Gasteiger partial charge on any atom is -0.377 e. The van der Waals surface area contributed by atoms with E-state index in [0.29, 0.717) is 11.6 Å². The molecule has 2 aromatic rings. The Kier molecular flexibility index (Phi) is 5.15. The van der Waals surface area contributed by atoms with Crippen molar-refractivity contribution in [1.29, 1.82) is 0 Å². The molecule has 0 heterocycles. The van der Waals surface area contributed by atoms with Crippen molar-refractivity contribution in [2.75, 3.05) is 11.9 Å². The Morgan fingerprint density at radius 2 is 1.71 bits per heavy atom. The van der Waals surface area contributed by atoms with Gasteiger partial charge in [0.05, 0.1) is 6.04 Å². The molecule has 0 aliphatic rings. The van der Waals surface area contributed by atoms with E-state index >= 15 is 0 Å². The summed E-state index contributed by atoms with van der Waals surface area (Å²) in [4.78, 5) is 0. The second kappa shape index (κ2) is 6.87. The summed E-state index contributed by atoms with van der Waals surface area (Å²) in [6.45, 7) is 2.27. The van der Waals surface area contributed by atoms with Crippen LogP contribution in [0.15, 0.2) is 42.5 Å². The number of alkyl halides is 2. The maximum Gasteiger partial charge on any atom is 0.263 e. The molecule has 21 heavy (non-hydrogen) atoms. The minimum absolute atomic E-state index is 0.00732. The average Bonchev–Trinajstić information content (AvgIpc) is 2.48. The van der Waals surface area contributed by atoms with Gasteiger partial charge >= 0.3 is 0 Å². The van der Waals surface area contributed by atoms with E-state index in [4.69, 9.17) is 17.3 Å². The molecule has 0 spiro atoms. The van der Waals surface area contributed by atoms with E-state index in [-0.39, 0.29) is 11.6 Å². The molecule has 0 saturated carbocycles. The van der Waals surface area contributed by atoms with Gasteiger partial charge in [0.1, 0.15) is 0 Å². The smallest absolute Gasteiger partial charge is 0.263 e. The minimum atomic E-state index is -2.46. The van der Waals surface area contributed by atoms with E-state index < -0.39 is 6.43 Å². The first-order valence-corrected chi connectivity index (χ1v) is 7.00. The fraction of sp³-hybridized carbons (Fsp3) is 0.250. The van der Waals surface area contributed by atoms with Crippen molar-refractivity contribution in [3.63, 3.8) is 0 Å². The highest BCUT2D eigenvalue weighted by molar-refractivity contribution is 6.31. The summed E-state index contributed by atoms with van der Waals surface area (Å²) in [5.41, 5.74) is 8.48. The number of benzene rings is 2. The summed E-state index contributed by atoms with van der Waals surface area (Å²) in [6, 6.07) is 11.7. The predicted octanol–water partition coefficient (Wildman–Crippen LogP) is 4.70. The van der Waals surface area contributed by atoms with Crippen LogP contribution >= 0.6 is 11.6 Å². The summed E-state index contributed by atoms with van der Waals surface area (Å²) >= 11 is 6.09. The van der Waals surface area contributed by atoms with Gasteiger partial charge in [0.25, 0.3) is 6.43 Å². The Morgan fingerprint density at radius 3 is 2.24 bits per heavy atom. The zero-order chi connectivity index (χ0) is 15.4. The van der Waals surface area contributed by atoms with Crippen LogP contribution < -0.4 is 11.1 Å². The lowest BCUT2D eigenvalue weighted by Crippen LogP contribution is -2.20. The molecule has 1 atom stereocenters. The second-order valence-corrected chi connectivity index (χ2v) is 5.27. The summed E-state index contributed by atoms with van der Waals surface area (Å²) < 4.78 is 25.1. The van der Waals surface area contributed by atoms with Gasteiger partial charge < -0.3 is 11.1 Å². The van der Waals surface area contributed by atoms with Gasteiger partial charge in [0, 0.05) is 22.8 Å². The zero-order valence-electron chi connectivity index (χ0n) is 11.6. The Morgan fingerprint density at radius 1 is 1.10 bits per heavy atom. The third-order valence-electron chi connectivity index (χ3n) is 3.34. The van der Waals surface area contributed by atoms with Crippen molar-refractivity contribution >= 4 is 17.3 Å². The van der Waals surface area contributed by atoms with Crippen LogP contribution in [0.1, 0.15) is 29.2 Å². The number of hydrogen-bond donors (Lipinski definition) is 2. The molecular weight excluding hydrogens is 294 g/mol. The zero-order valence-corrected chi connectivity index (χ0v) is 12.4. The van der Waals surface area contributed by atoms with E-state index in [1.807, 2.05) is 25.1 Å². The van der Waals surface area contributed by atoms with Crippen LogP contribution in [-0.2, 0) is 0 Å². The second-order valence-electron chi connectivity index (χ2n) is 4.86. The molecule has 2 aromatic carbocycles. The van der Waals surface area contributed by atoms with Crippen LogP contribution in [0.5, 0.6) is 0 Å². The largest absolute Gasteiger partial charge is 0.377 e. The molecule has 5 heteroatoms. The molecule has 1 unspecified atom stereocenters. The highest BCUT2D eigenvalue weighted by atomic mass is 35.5. The fourth-order valence-corrected chi connectivity index (χ4v) is 2.22. The van der Waals surface area contributed by atoms with E-state index in [9.17, 15) is 8.78 Å². The van der Waals surface area contributed by atoms with Crippen LogP contribution in [-0.4, -0.2) is 6.54 Å². The molecule has 0 bridgehead atoms. The van der Waals surface area contributed by atoms with E-state index in [2.05, 4.69) is 5.32 Å². The van der Waals surface area contributed by atoms with Gasteiger partial charge in [0.15, 0.2) is 0 Å². The highest BCUT2D eigenvalue weighted by Crippen LogP contribution is 2.25. The molecule has 0 fully saturated rings. The van der Waals surface area contributed by atoms with Crippen molar-refractivity contribution in [2.24, 2.45) is 5.73 Å². The predicted molar refractivity (Wildman–Crippen MR) is 83.0 cm³/mol. The summed E-state index contributed by atoms with van der Waals surface area (Å²) in [5, 5.41) is 3.93. The number of nitrogens with one attached hydrogen (secondary N) is 1. The topological polar surface area (TPSA) is 38.0 Å². The Bertz CT molecular complexity index is 600. The molecule has 0 aliphatic carbocycles. The van der Waals surface area contributed by atoms with Gasteiger partial charge in [-0.25, -0.2) is 8.78 Å². The maximum atomic E-state index is 12.6. The van der Waals surface area contributed by atoms with Gasteiger partial charge in [-0.3, -0.25) is 0 Å². The summed E-state index contributed by atoms with van der Waals surface area (Å²) in [5.74, 6) is 0. The molecule has 2 rings (SSSR count). The molecule has 3 N–H and O–H groups in total. The number of halogens is 3. The Balaban J connectivity index is 2.17. The van der Waals surface area contributed by atoms with E-state index in [1.165, 1.54) is 12.1 Å². The van der Waals surface area contributed by atoms with Crippen molar-refractivity contribution in [3.05, 3.63) is 64.2 Å². The first-order valence-electron chi connectivity index (χ1n) is 6.62. The number of rotatable bonds is 5. The summed E-state index contributed by atoms with van der Waals surface area (Å²) in [6.07, 6.45) is -2.46. The van der Waals surface area contributed by atoms with E-state index in [1.54, 1.807) is 12.1 Å². The lowest BCUT2D eigenvalue weighted by Gasteiger charge is -2.19. The SMILES string of the molecule is Cc1ccc(NC(CN)c2ccc(C(F)F)cc2)cc1Cl. The molecule has 0 radical (unpaired) electrons. The van der Waals surface area contributed by atoms with Crippen LogP contribution in [0.25, 0.3) is 0 Å². The third-order valence-corrected chi connectivity index (χ3v) is 3.75. The highest BCUT2D eigenvalue weighted by Gasteiger charge is 2.12. The normalized spacial score (nSPS) is 12.5. The van der Waals surface area contributed by atoms with Crippen LogP contribution in [0.3, 0.4) is 0 Å². The maximum absolute atomic E-state index is 12.6. The molecular formula is C16H17ClF2N2. The number of hydrogen-bond acceptors (Lipinski definition) is 2. The summed E-state index contributed by atoms with van der Waals surface area (Å²) in [7, 11) is 0. The van der Waals surface area contributed by atoms with Gasteiger partial charge in [0.2, 0.25) is 0 Å². The van der Waals surface area contributed by atoms with Crippen LogP contribution in [0.2, 0.25) is 5.02 Å². The van der Waals surface area contributed by atoms with Crippen LogP contribution in [0, 0.1) is 6.92 Å². The quantitative estimate of drug-likeness (QED) is 0.840. The van der Waals surface area contributed by atoms with Crippen molar-refractivity contribution in [1.82, 2.24) is 0 Å². The van der Waals surface area contributed by atoms with Crippen LogP contribution in [0.4, 0.5) is 14.5 Å². The Hall–Kier alpha value is -1.65. The number of aryl methyl sites for hydroxylation is 1. The van der Waals surface area contributed by atoms with Gasteiger partial charge in [-0.15, -0.1) is 0 Å². The molecule has 0 saturated heterocycles. The van der Waals surface area contributed by atoms with Gasteiger partial charge in [-0.1, -0.05) is 41.9 Å². The molecule has 2 nitrogen and oxygen atoms in total. The first kappa shape index (κ1) is 15.7. The average molecular weight is 311 g/mol. The fourth-order valence-electron chi connectivity index (χ4n) is 2.04. The number of anilines is 1. The first-order chi connectivity index (χ1) is 10.0. The van der Waals surface area contributed by atoms with Gasteiger partial charge in [-0.05, 0) is 30.2 Å². The van der Waals surface area contributed by atoms with Crippen molar-refractivity contribution in [2.45, 2.75) is 19.4 Å². The van der Waals surface area contributed by atoms with Crippen molar-refractivity contribution < 1.29 is 8.78 Å². The van der Waals surface area contributed by atoms with E-state index in [0.717, 1.165) is 16.8 Å². The van der Waals surface area contributed by atoms with Crippen molar-refractivity contribution in [3.8, 4) is 0 Å². The Labute approximate surface area is 127 Å². The molecule has 0 aromatic heterocycles.